The third-order valence-electron chi connectivity index (χ3n) is 4.31. The van der Waals surface area contributed by atoms with E-state index in [9.17, 15) is 18.7 Å². The monoisotopic (exact) mass is 397 g/mol. The van der Waals surface area contributed by atoms with Gasteiger partial charge in [0.25, 0.3) is 5.91 Å². The molecule has 1 saturated carbocycles. The van der Waals surface area contributed by atoms with Crippen LogP contribution in [-0.4, -0.2) is 22.4 Å². The van der Waals surface area contributed by atoms with Gasteiger partial charge in [0, 0.05) is 27.5 Å². The Balaban J connectivity index is 1.71. The van der Waals surface area contributed by atoms with Gasteiger partial charge in [-0.2, -0.15) is 0 Å². The summed E-state index contributed by atoms with van der Waals surface area (Å²) in [6.45, 7) is 0. The van der Waals surface area contributed by atoms with Crippen LogP contribution in [0.15, 0.2) is 41.3 Å². The van der Waals surface area contributed by atoms with Crippen LogP contribution in [0.1, 0.15) is 36.0 Å². The van der Waals surface area contributed by atoms with Gasteiger partial charge in [-0.25, -0.2) is 8.78 Å². The van der Waals surface area contributed by atoms with Crippen molar-refractivity contribution in [3.8, 4) is 0 Å². The Morgan fingerprint density at radius 3 is 2.50 bits per heavy atom. The fourth-order valence-electron chi connectivity index (χ4n) is 2.85. The molecule has 0 heterocycles. The summed E-state index contributed by atoms with van der Waals surface area (Å²) < 4.78 is 26.3. The Morgan fingerprint density at radius 2 is 1.81 bits per heavy atom. The lowest BCUT2D eigenvalue weighted by Crippen LogP contribution is -2.19. The van der Waals surface area contributed by atoms with Crippen LogP contribution >= 0.6 is 23.4 Å². The molecule has 0 unspecified atom stereocenters. The highest BCUT2D eigenvalue weighted by Crippen LogP contribution is 2.37. The number of anilines is 1. The zero-order valence-electron chi connectivity index (χ0n) is 13.8. The normalized spacial score (nSPS) is 20.0. The quantitative estimate of drug-likeness (QED) is 0.739. The molecule has 0 atom stereocenters. The zero-order chi connectivity index (χ0) is 18.7. The van der Waals surface area contributed by atoms with E-state index in [1.807, 2.05) is 0 Å². The van der Waals surface area contributed by atoms with Gasteiger partial charge in [-0.3, -0.25) is 4.79 Å². The largest absolute Gasteiger partial charge is 0.393 e. The van der Waals surface area contributed by atoms with Gasteiger partial charge >= 0.3 is 0 Å². The Hall–Kier alpha value is -1.63. The lowest BCUT2D eigenvalue weighted by atomic mass is 9.97. The van der Waals surface area contributed by atoms with Crippen molar-refractivity contribution in [2.45, 2.75) is 41.9 Å². The number of aliphatic hydroxyl groups excluding tert-OH is 1. The van der Waals surface area contributed by atoms with E-state index in [2.05, 4.69) is 5.32 Å². The van der Waals surface area contributed by atoms with Crippen LogP contribution in [0.25, 0.3) is 0 Å². The van der Waals surface area contributed by atoms with Gasteiger partial charge in [0.2, 0.25) is 0 Å². The number of halogens is 3. The molecule has 0 aliphatic heterocycles. The molecule has 1 aliphatic rings. The zero-order valence-corrected chi connectivity index (χ0v) is 15.4. The van der Waals surface area contributed by atoms with Gasteiger partial charge in [0.1, 0.15) is 0 Å². The van der Waals surface area contributed by atoms with Crippen molar-refractivity contribution in [1.29, 1.82) is 0 Å². The molecule has 3 nitrogen and oxygen atoms in total. The van der Waals surface area contributed by atoms with Gasteiger partial charge in [-0.15, -0.1) is 11.8 Å². The van der Waals surface area contributed by atoms with Crippen molar-refractivity contribution in [3.05, 3.63) is 58.6 Å². The molecule has 0 saturated heterocycles. The number of hydrogen-bond donors (Lipinski definition) is 2. The fraction of sp³-hybridized carbons (Fsp3) is 0.316. The first-order valence-electron chi connectivity index (χ1n) is 8.33. The Labute approximate surface area is 159 Å². The predicted octanol–water partition coefficient (Wildman–Crippen LogP) is 5.27. The third kappa shape index (κ3) is 4.75. The summed E-state index contributed by atoms with van der Waals surface area (Å²) in [7, 11) is 0. The highest BCUT2D eigenvalue weighted by atomic mass is 35.5. The van der Waals surface area contributed by atoms with Crippen LogP contribution in [0, 0.1) is 11.6 Å². The minimum atomic E-state index is -1.02. The summed E-state index contributed by atoms with van der Waals surface area (Å²) in [5, 5.41) is 13.1. The van der Waals surface area contributed by atoms with E-state index < -0.39 is 17.5 Å². The molecular formula is C19H18ClF2NO2S. The predicted molar refractivity (Wildman–Crippen MR) is 99.9 cm³/mol. The number of carbonyl (C=O) groups is 1. The molecule has 3 rings (SSSR count). The van der Waals surface area contributed by atoms with Crippen molar-refractivity contribution in [1.82, 2.24) is 0 Å². The summed E-state index contributed by atoms with van der Waals surface area (Å²) >= 11 is 7.86. The van der Waals surface area contributed by atoms with Crippen LogP contribution in [0.4, 0.5) is 14.5 Å². The van der Waals surface area contributed by atoms with E-state index in [1.54, 1.807) is 30.0 Å². The summed E-state index contributed by atoms with van der Waals surface area (Å²) in [5.41, 5.74) is 0.566. The van der Waals surface area contributed by atoms with Crippen molar-refractivity contribution in [2.24, 2.45) is 0 Å². The first-order valence-corrected chi connectivity index (χ1v) is 9.59. The third-order valence-corrected chi connectivity index (χ3v) is 6.15. The molecule has 0 aromatic heterocycles. The van der Waals surface area contributed by atoms with E-state index in [0.29, 0.717) is 15.8 Å². The van der Waals surface area contributed by atoms with E-state index in [4.69, 9.17) is 11.6 Å². The van der Waals surface area contributed by atoms with Gasteiger partial charge in [-0.1, -0.05) is 11.6 Å². The lowest BCUT2D eigenvalue weighted by Gasteiger charge is -2.25. The Morgan fingerprint density at radius 1 is 1.08 bits per heavy atom. The van der Waals surface area contributed by atoms with E-state index >= 15 is 0 Å². The second-order valence-corrected chi connectivity index (χ2v) is 8.03. The average Bonchev–Trinajstić information content (AvgIpc) is 2.62. The van der Waals surface area contributed by atoms with E-state index in [1.165, 1.54) is 6.07 Å². The average molecular weight is 398 g/mol. The molecule has 26 heavy (non-hydrogen) atoms. The number of carbonyl (C=O) groups excluding carboxylic acids is 1. The SMILES string of the molecule is O=C(Nc1ccc(F)c(F)c1)c1ccc(Cl)c(SC2CCC(O)CC2)c1. The first kappa shape index (κ1) is 19.1. The van der Waals surface area contributed by atoms with E-state index in [0.717, 1.165) is 42.7 Å². The number of hydrogen-bond acceptors (Lipinski definition) is 3. The van der Waals surface area contributed by atoms with Crippen LogP contribution in [0.3, 0.4) is 0 Å². The number of aliphatic hydroxyl groups is 1. The molecule has 0 bridgehead atoms. The maximum atomic E-state index is 13.3. The minimum absolute atomic E-state index is 0.180. The van der Waals surface area contributed by atoms with Crippen LogP contribution in [0.5, 0.6) is 0 Å². The summed E-state index contributed by atoms with van der Waals surface area (Å²) in [6.07, 6.45) is 3.11. The van der Waals surface area contributed by atoms with Crippen LogP contribution in [0.2, 0.25) is 5.02 Å². The van der Waals surface area contributed by atoms with Gasteiger partial charge in [0.15, 0.2) is 11.6 Å². The lowest BCUT2D eigenvalue weighted by molar-refractivity contribution is 0.102. The molecule has 1 aliphatic carbocycles. The van der Waals surface area contributed by atoms with Gasteiger partial charge in [0.05, 0.1) is 11.1 Å². The summed E-state index contributed by atoms with van der Waals surface area (Å²) in [6, 6.07) is 8.15. The van der Waals surface area contributed by atoms with Crippen molar-refractivity contribution in [3.63, 3.8) is 0 Å². The van der Waals surface area contributed by atoms with Crippen molar-refractivity contribution >= 4 is 35.0 Å². The highest BCUT2D eigenvalue weighted by Gasteiger charge is 2.21. The maximum absolute atomic E-state index is 13.3. The molecule has 1 fully saturated rings. The minimum Gasteiger partial charge on any atom is -0.393 e. The summed E-state index contributed by atoms with van der Waals surface area (Å²) in [5.74, 6) is -2.41. The van der Waals surface area contributed by atoms with Crippen molar-refractivity contribution < 1.29 is 18.7 Å². The first-order chi connectivity index (χ1) is 12.4. The number of rotatable bonds is 4. The Kier molecular flexibility index (Phi) is 6.16. The second kappa shape index (κ2) is 8.37. The maximum Gasteiger partial charge on any atom is 0.255 e. The molecule has 1 amide bonds. The molecule has 0 spiro atoms. The Bertz CT molecular complexity index is 810. The smallest absolute Gasteiger partial charge is 0.255 e. The van der Waals surface area contributed by atoms with Crippen molar-refractivity contribution in [2.75, 3.05) is 5.32 Å². The standard InChI is InChI=1S/C19H18ClF2NO2S/c20-15-7-1-11(9-18(15)26-14-5-3-13(24)4-6-14)19(25)23-12-2-8-16(21)17(22)10-12/h1-2,7-10,13-14,24H,3-6H2,(H,23,25). The molecule has 2 aromatic rings. The number of benzene rings is 2. The topological polar surface area (TPSA) is 49.3 Å². The number of thioether (sulfide) groups is 1. The number of nitrogens with one attached hydrogen (secondary N) is 1. The molecular weight excluding hydrogens is 380 g/mol. The van der Waals surface area contributed by atoms with Gasteiger partial charge < -0.3 is 10.4 Å². The molecule has 2 N–H and O–H groups in total. The van der Waals surface area contributed by atoms with E-state index in [-0.39, 0.29) is 11.8 Å². The van der Waals surface area contributed by atoms with Crippen LogP contribution < -0.4 is 5.32 Å². The van der Waals surface area contributed by atoms with Gasteiger partial charge in [-0.05, 0) is 56.0 Å². The second-order valence-electron chi connectivity index (χ2n) is 6.28. The molecule has 0 radical (unpaired) electrons. The fourth-order valence-corrected chi connectivity index (χ4v) is 4.35. The number of amides is 1. The molecule has 138 valence electrons. The highest BCUT2D eigenvalue weighted by molar-refractivity contribution is 8.00. The summed E-state index contributed by atoms with van der Waals surface area (Å²) in [4.78, 5) is 13.2. The van der Waals surface area contributed by atoms with Crippen LogP contribution in [-0.2, 0) is 0 Å². The molecule has 7 heteroatoms. The molecule has 2 aromatic carbocycles.